The molecule has 1 N–H and O–H groups in total. The zero-order chi connectivity index (χ0) is 25.1. The molecule has 0 atom stereocenters. The highest BCUT2D eigenvalue weighted by atomic mass is 16.5. The molecule has 0 saturated heterocycles. The Morgan fingerprint density at radius 2 is 1.86 bits per heavy atom. The summed E-state index contributed by atoms with van der Waals surface area (Å²) in [6.07, 6.45) is 3.26. The van der Waals surface area contributed by atoms with Gasteiger partial charge in [0.2, 0.25) is 11.7 Å². The number of amides is 1. The number of carbonyl (C=O) groups is 2. The van der Waals surface area contributed by atoms with Gasteiger partial charge in [-0.3, -0.25) is 19.1 Å². The number of pyridine rings is 2. The normalized spacial score (nSPS) is 10.8. The van der Waals surface area contributed by atoms with Gasteiger partial charge in [0.1, 0.15) is 6.54 Å². The summed E-state index contributed by atoms with van der Waals surface area (Å²) in [6, 6.07) is 18.4. The molecule has 0 aliphatic carbocycles. The second kappa shape index (κ2) is 9.63. The van der Waals surface area contributed by atoms with E-state index >= 15 is 0 Å². The molecule has 5 rings (SSSR count). The van der Waals surface area contributed by atoms with Crippen molar-refractivity contribution in [2.75, 3.05) is 12.4 Å². The van der Waals surface area contributed by atoms with E-state index in [-0.39, 0.29) is 12.4 Å². The minimum atomic E-state index is -0.472. The number of para-hydroxylation sites is 1. The maximum absolute atomic E-state index is 13.1. The number of fused-ring (bicyclic) bond motifs is 1. The van der Waals surface area contributed by atoms with Gasteiger partial charge in [-0.2, -0.15) is 4.98 Å². The molecular formula is C26H19N5O5. The van der Waals surface area contributed by atoms with Gasteiger partial charge >= 0.3 is 5.97 Å². The number of benzene rings is 2. The van der Waals surface area contributed by atoms with Crippen molar-refractivity contribution >= 4 is 28.5 Å². The molecule has 1 amide bonds. The number of hydrogen-bond acceptors (Lipinski definition) is 8. The number of aromatic nitrogens is 4. The smallest absolute Gasteiger partial charge is 0.337 e. The number of hydrogen-bond donors (Lipinski definition) is 1. The topological polar surface area (TPSA) is 129 Å². The summed E-state index contributed by atoms with van der Waals surface area (Å²) < 4.78 is 11.5. The molecule has 10 heteroatoms. The van der Waals surface area contributed by atoms with Crippen LogP contribution in [0, 0.1) is 0 Å². The first-order valence-electron chi connectivity index (χ1n) is 10.9. The molecule has 36 heavy (non-hydrogen) atoms. The Morgan fingerprint density at radius 3 is 2.61 bits per heavy atom. The molecule has 0 spiro atoms. The average Bonchev–Trinajstić information content (AvgIpc) is 3.41. The highest BCUT2D eigenvalue weighted by Gasteiger charge is 2.18. The second-order valence-electron chi connectivity index (χ2n) is 7.78. The van der Waals surface area contributed by atoms with Crippen LogP contribution in [0.2, 0.25) is 0 Å². The molecule has 0 fully saturated rings. The fourth-order valence-electron chi connectivity index (χ4n) is 3.77. The van der Waals surface area contributed by atoms with Crippen molar-refractivity contribution in [1.82, 2.24) is 19.7 Å². The highest BCUT2D eigenvalue weighted by Crippen LogP contribution is 2.27. The minimum Gasteiger partial charge on any atom is -0.465 e. The molecule has 0 unspecified atom stereocenters. The Bertz CT molecular complexity index is 1620. The van der Waals surface area contributed by atoms with Crippen LogP contribution in [-0.4, -0.2) is 38.7 Å². The van der Waals surface area contributed by atoms with E-state index in [9.17, 15) is 14.4 Å². The van der Waals surface area contributed by atoms with Crippen LogP contribution in [0.15, 0.2) is 88.4 Å². The summed E-state index contributed by atoms with van der Waals surface area (Å²) in [5.41, 5.74) is 2.13. The van der Waals surface area contributed by atoms with E-state index in [4.69, 9.17) is 4.52 Å². The number of nitrogens with zero attached hydrogens (tertiary/aromatic N) is 4. The number of carbonyl (C=O) groups excluding carboxylic acids is 2. The lowest BCUT2D eigenvalue weighted by Gasteiger charge is -2.12. The van der Waals surface area contributed by atoms with E-state index in [1.165, 1.54) is 17.7 Å². The zero-order valence-corrected chi connectivity index (χ0v) is 19.0. The summed E-state index contributed by atoms with van der Waals surface area (Å²) in [5, 5.41) is 7.42. The van der Waals surface area contributed by atoms with Crippen LogP contribution in [-0.2, 0) is 16.1 Å². The van der Waals surface area contributed by atoms with Gasteiger partial charge in [-0.1, -0.05) is 23.4 Å². The molecule has 3 heterocycles. The fourth-order valence-corrected chi connectivity index (χ4v) is 3.77. The van der Waals surface area contributed by atoms with Crippen LogP contribution in [0.5, 0.6) is 0 Å². The van der Waals surface area contributed by atoms with Crippen molar-refractivity contribution in [2.24, 2.45) is 0 Å². The summed E-state index contributed by atoms with van der Waals surface area (Å²) in [5.74, 6) is -0.342. The molecule has 0 radical (unpaired) electrons. The van der Waals surface area contributed by atoms with Crippen LogP contribution in [0.1, 0.15) is 10.4 Å². The Labute approximate surface area is 204 Å². The van der Waals surface area contributed by atoms with Crippen LogP contribution in [0.3, 0.4) is 0 Å². The van der Waals surface area contributed by atoms with Crippen LogP contribution in [0.25, 0.3) is 33.7 Å². The molecule has 3 aromatic heterocycles. The molecule has 2 aromatic carbocycles. The van der Waals surface area contributed by atoms with Crippen LogP contribution < -0.4 is 10.9 Å². The fraction of sp³-hybridized carbons (Fsp3) is 0.0769. The van der Waals surface area contributed by atoms with Crippen molar-refractivity contribution in [3.8, 4) is 22.8 Å². The lowest BCUT2D eigenvalue weighted by Crippen LogP contribution is -2.27. The molecule has 0 bridgehead atoms. The quantitative estimate of drug-likeness (QED) is 0.365. The first kappa shape index (κ1) is 22.7. The van der Waals surface area contributed by atoms with Crippen molar-refractivity contribution in [3.05, 3.63) is 95.0 Å². The van der Waals surface area contributed by atoms with E-state index in [1.807, 2.05) is 12.1 Å². The summed E-state index contributed by atoms with van der Waals surface area (Å²) in [7, 11) is 1.30. The third kappa shape index (κ3) is 4.47. The van der Waals surface area contributed by atoms with Crippen molar-refractivity contribution < 1.29 is 18.8 Å². The standard InChI is InChI=1S/C26H19N5O5/c1-35-26(34)16-8-10-18(11-9-16)28-22(32)15-31-21-7-3-2-6-19(21)20(13-23(31)33)25-29-24(30-36-25)17-5-4-12-27-14-17/h2-14H,15H2,1H3,(H,28,32). The highest BCUT2D eigenvalue weighted by molar-refractivity contribution is 5.96. The predicted octanol–water partition coefficient (Wildman–Crippen LogP) is 3.54. The van der Waals surface area contributed by atoms with Gasteiger partial charge < -0.3 is 14.6 Å². The van der Waals surface area contributed by atoms with Gasteiger partial charge in [-0.05, 0) is 42.5 Å². The minimum absolute atomic E-state index is 0.185. The third-order valence-electron chi connectivity index (χ3n) is 5.49. The Balaban J connectivity index is 1.44. The number of anilines is 1. The summed E-state index contributed by atoms with van der Waals surface area (Å²) >= 11 is 0. The Hall–Kier alpha value is -5.12. The molecule has 10 nitrogen and oxygen atoms in total. The lowest BCUT2D eigenvalue weighted by atomic mass is 10.1. The van der Waals surface area contributed by atoms with Gasteiger partial charge in [0, 0.05) is 35.1 Å². The number of rotatable bonds is 6. The van der Waals surface area contributed by atoms with E-state index < -0.39 is 17.4 Å². The van der Waals surface area contributed by atoms with E-state index in [0.29, 0.717) is 39.1 Å². The van der Waals surface area contributed by atoms with Gasteiger partial charge in [0.15, 0.2) is 0 Å². The molecule has 0 aliphatic heterocycles. The zero-order valence-electron chi connectivity index (χ0n) is 19.0. The molecular weight excluding hydrogens is 462 g/mol. The van der Waals surface area contributed by atoms with Crippen LogP contribution in [0.4, 0.5) is 5.69 Å². The Morgan fingerprint density at radius 1 is 1.06 bits per heavy atom. The monoisotopic (exact) mass is 481 g/mol. The number of nitrogens with one attached hydrogen (secondary N) is 1. The largest absolute Gasteiger partial charge is 0.465 e. The van der Waals surface area contributed by atoms with E-state index in [0.717, 1.165) is 0 Å². The number of methoxy groups -OCH3 is 1. The molecule has 0 aliphatic rings. The third-order valence-corrected chi connectivity index (χ3v) is 5.49. The van der Waals surface area contributed by atoms with Gasteiger partial charge in [-0.25, -0.2) is 4.79 Å². The predicted molar refractivity (Wildman–Crippen MR) is 131 cm³/mol. The lowest BCUT2D eigenvalue weighted by molar-refractivity contribution is -0.116. The first-order valence-corrected chi connectivity index (χ1v) is 10.9. The van der Waals surface area contributed by atoms with Gasteiger partial charge in [0.25, 0.3) is 11.4 Å². The van der Waals surface area contributed by atoms with Crippen molar-refractivity contribution in [1.29, 1.82) is 0 Å². The number of ether oxygens (including phenoxy) is 1. The number of esters is 1. The average molecular weight is 481 g/mol. The maximum atomic E-state index is 13.1. The van der Waals surface area contributed by atoms with Gasteiger partial charge in [-0.15, -0.1) is 0 Å². The molecule has 5 aromatic rings. The summed E-state index contributed by atoms with van der Waals surface area (Å²) in [4.78, 5) is 45.9. The van der Waals surface area contributed by atoms with Crippen molar-refractivity contribution in [2.45, 2.75) is 6.54 Å². The first-order chi connectivity index (χ1) is 17.5. The van der Waals surface area contributed by atoms with E-state index in [2.05, 4.69) is 25.2 Å². The molecule has 0 saturated carbocycles. The summed E-state index contributed by atoms with van der Waals surface area (Å²) in [6.45, 7) is -0.219. The Kier molecular flexibility index (Phi) is 6.06. The second-order valence-corrected chi connectivity index (χ2v) is 7.78. The maximum Gasteiger partial charge on any atom is 0.337 e. The van der Waals surface area contributed by atoms with Crippen molar-refractivity contribution in [3.63, 3.8) is 0 Å². The SMILES string of the molecule is COC(=O)c1ccc(NC(=O)Cn2c(=O)cc(-c3nc(-c4cccnc4)no3)c3ccccc32)cc1. The van der Waals surface area contributed by atoms with Crippen LogP contribution >= 0.6 is 0 Å². The van der Waals surface area contributed by atoms with Gasteiger partial charge in [0.05, 0.1) is 23.8 Å². The van der Waals surface area contributed by atoms with E-state index in [1.54, 1.807) is 60.9 Å². The molecule has 178 valence electrons.